The number of rotatable bonds is 7. The predicted octanol–water partition coefficient (Wildman–Crippen LogP) is 4.46. The SMILES string of the molecule is C=CCn1c(SCC(=O)Nc2sc3c(c2C#N)CCCCC3)nnc1-c1ccccn1. The van der Waals surface area contributed by atoms with Crippen molar-refractivity contribution in [2.45, 2.75) is 43.8 Å². The molecule has 0 saturated heterocycles. The first kappa shape index (κ1) is 21.3. The van der Waals surface area contributed by atoms with Crippen molar-refractivity contribution < 1.29 is 4.79 Å². The molecule has 0 spiro atoms. The number of aryl methyl sites for hydroxylation is 1. The first-order valence-electron chi connectivity index (χ1n) is 10.1. The van der Waals surface area contributed by atoms with Crippen molar-refractivity contribution in [2.75, 3.05) is 11.1 Å². The third-order valence-corrected chi connectivity index (χ3v) is 7.21. The van der Waals surface area contributed by atoms with E-state index in [0.29, 0.717) is 33.8 Å². The van der Waals surface area contributed by atoms with Crippen LogP contribution in [0.5, 0.6) is 0 Å². The standard InChI is InChI=1S/C22H22N6OS2/c1-2-12-28-20(17-9-6-7-11-24-17)26-27-22(28)30-14-19(29)25-21-16(13-23)15-8-4-3-5-10-18(15)31-21/h2,6-7,9,11H,1,3-5,8,10,12,14H2,(H,25,29). The molecule has 0 fully saturated rings. The Morgan fingerprint density at radius 2 is 2.19 bits per heavy atom. The largest absolute Gasteiger partial charge is 0.316 e. The molecule has 9 heteroatoms. The summed E-state index contributed by atoms with van der Waals surface area (Å²) in [6, 6.07) is 7.91. The highest BCUT2D eigenvalue weighted by Gasteiger charge is 2.21. The van der Waals surface area contributed by atoms with Crippen LogP contribution in [-0.2, 0) is 24.2 Å². The van der Waals surface area contributed by atoms with Gasteiger partial charge in [-0.1, -0.05) is 30.3 Å². The van der Waals surface area contributed by atoms with Crippen LogP contribution in [0.3, 0.4) is 0 Å². The van der Waals surface area contributed by atoms with Gasteiger partial charge in [-0.05, 0) is 43.4 Å². The van der Waals surface area contributed by atoms with E-state index in [1.54, 1.807) is 23.6 Å². The van der Waals surface area contributed by atoms with Crippen LogP contribution in [0.4, 0.5) is 5.00 Å². The lowest BCUT2D eigenvalue weighted by atomic mass is 10.1. The van der Waals surface area contributed by atoms with E-state index in [1.807, 2.05) is 22.8 Å². The zero-order valence-corrected chi connectivity index (χ0v) is 18.6. The van der Waals surface area contributed by atoms with E-state index in [1.165, 1.54) is 23.1 Å². The second kappa shape index (κ2) is 9.90. The molecule has 0 saturated carbocycles. The van der Waals surface area contributed by atoms with Crippen LogP contribution in [-0.4, -0.2) is 31.4 Å². The van der Waals surface area contributed by atoms with Crippen LogP contribution in [0.1, 0.15) is 35.3 Å². The number of carbonyl (C=O) groups excluding carboxylic acids is 1. The molecule has 0 bridgehead atoms. The molecule has 1 amide bonds. The van der Waals surface area contributed by atoms with Crippen molar-refractivity contribution in [3.05, 3.63) is 53.1 Å². The van der Waals surface area contributed by atoms with Crippen molar-refractivity contribution in [2.24, 2.45) is 0 Å². The van der Waals surface area contributed by atoms with Gasteiger partial charge in [-0.2, -0.15) is 5.26 Å². The van der Waals surface area contributed by atoms with Gasteiger partial charge >= 0.3 is 0 Å². The number of hydrogen-bond acceptors (Lipinski definition) is 7. The molecule has 3 aromatic heterocycles. The summed E-state index contributed by atoms with van der Waals surface area (Å²) in [6.45, 7) is 4.32. The second-order valence-electron chi connectivity index (χ2n) is 7.14. The topological polar surface area (TPSA) is 96.5 Å². The first-order chi connectivity index (χ1) is 15.2. The van der Waals surface area contributed by atoms with Crippen LogP contribution in [0.25, 0.3) is 11.5 Å². The number of allylic oxidation sites excluding steroid dienone is 1. The number of carbonyl (C=O) groups is 1. The molecule has 3 heterocycles. The lowest BCUT2D eigenvalue weighted by molar-refractivity contribution is -0.113. The van der Waals surface area contributed by atoms with E-state index in [0.717, 1.165) is 31.2 Å². The molecule has 3 aromatic rings. The van der Waals surface area contributed by atoms with E-state index in [-0.39, 0.29) is 11.7 Å². The minimum Gasteiger partial charge on any atom is -0.316 e. The normalized spacial score (nSPS) is 13.1. The summed E-state index contributed by atoms with van der Waals surface area (Å²) >= 11 is 2.85. The molecule has 0 unspecified atom stereocenters. The first-order valence-corrected chi connectivity index (χ1v) is 11.9. The summed E-state index contributed by atoms with van der Waals surface area (Å²) in [5.41, 5.74) is 2.47. The summed E-state index contributed by atoms with van der Waals surface area (Å²) in [4.78, 5) is 18.2. The van der Waals surface area contributed by atoms with Gasteiger partial charge in [0, 0.05) is 17.6 Å². The van der Waals surface area contributed by atoms with E-state index in [2.05, 4.69) is 33.1 Å². The third kappa shape index (κ3) is 4.70. The zero-order valence-electron chi connectivity index (χ0n) is 17.0. The molecule has 1 aliphatic carbocycles. The number of aromatic nitrogens is 4. The third-order valence-electron chi connectivity index (χ3n) is 5.04. The van der Waals surface area contributed by atoms with Gasteiger partial charge in [-0.3, -0.25) is 14.3 Å². The van der Waals surface area contributed by atoms with Gasteiger partial charge < -0.3 is 5.32 Å². The minimum atomic E-state index is -0.162. The zero-order chi connectivity index (χ0) is 21.6. The Bertz CT molecular complexity index is 1130. The Labute approximate surface area is 189 Å². The van der Waals surface area contributed by atoms with Crippen LogP contribution in [0, 0.1) is 11.3 Å². The lowest BCUT2D eigenvalue weighted by Crippen LogP contribution is -2.14. The maximum Gasteiger partial charge on any atom is 0.235 e. The fraction of sp³-hybridized carbons (Fsp3) is 0.318. The number of amides is 1. The van der Waals surface area contributed by atoms with Gasteiger partial charge in [0.05, 0.1) is 11.3 Å². The lowest BCUT2D eigenvalue weighted by Gasteiger charge is -2.07. The molecule has 0 radical (unpaired) electrons. The van der Waals surface area contributed by atoms with Gasteiger partial charge in [0.25, 0.3) is 0 Å². The van der Waals surface area contributed by atoms with E-state index < -0.39 is 0 Å². The minimum absolute atomic E-state index is 0.162. The molecule has 1 N–H and O–H groups in total. The Morgan fingerprint density at radius 1 is 1.32 bits per heavy atom. The Morgan fingerprint density at radius 3 is 2.97 bits per heavy atom. The number of pyridine rings is 1. The van der Waals surface area contributed by atoms with Crippen molar-refractivity contribution in [1.82, 2.24) is 19.7 Å². The van der Waals surface area contributed by atoms with Crippen LogP contribution >= 0.6 is 23.1 Å². The van der Waals surface area contributed by atoms with Crippen LogP contribution < -0.4 is 5.32 Å². The quantitative estimate of drug-likeness (QED) is 0.324. The van der Waals surface area contributed by atoms with Gasteiger partial charge in [-0.25, -0.2) is 0 Å². The fourth-order valence-corrected chi connectivity index (χ4v) is 5.62. The molecule has 158 valence electrons. The summed E-state index contributed by atoms with van der Waals surface area (Å²) in [5, 5.41) is 22.4. The van der Waals surface area contributed by atoms with Crippen molar-refractivity contribution in [1.29, 1.82) is 5.26 Å². The molecule has 31 heavy (non-hydrogen) atoms. The Balaban J connectivity index is 1.47. The number of fused-ring (bicyclic) bond motifs is 1. The average molecular weight is 451 g/mol. The average Bonchev–Trinajstić information content (AvgIpc) is 3.25. The van der Waals surface area contributed by atoms with Gasteiger partial charge in [0.1, 0.15) is 16.8 Å². The number of nitriles is 1. The molecule has 1 aliphatic rings. The molecular weight excluding hydrogens is 428 g/mol. The van der Waals surface area contributed by atoms with Crippen molar-refractivity contribution >= 4 is 34.0 Å². The maximum atomic E-state index is 12.7. The summed E-state index contributed by atoms with van der Waals surface area (Å²) < 4.78 is 1.89. The molecule has 0 atom stereocenters. The number of anilines is 1. The molecule has 0 aromatic carbocycles. The number of thiophene rings is 1. The number of thioether (sulfide) groups is 1. The van der Waals surface area contributed by atoms with E-state index in [9.17, 15) is 10.1 Å². The van der Waals surface area contributed by atoms with Gasteiger partial charge in [0.2, 0.25) is 5.91 Å². The molecule has 0 aliphatic heterocycles. The molecular formula is C22H22N6OS2. The number of hydrogen-bond donors (Lipinski definition) is 1. The second-order valence-corrected chi connectivity index (χ2v) is 9.19. The highest BCUT2D eigenvalue weighted by Crippen LogP contribution is 2.37. The van der Waals surface area contributed by atoms with Crippen molar-refractivity contribution in [3.8, 4) is 17.6 Å². The van der Waals surface area contributed by atoms with E-state index in [4.69, 9.17) is 0 Å². The smallest absolute Gasteiger partial charge is 0.235 e. The predicted molar refractivity (Wildman–Crippen MR) is 123 cm³/mol. The van der Waals surface area contributed by atoms with E-state index >= 15 is 0 Å². The molecule has 4 rings (SSSR count). The maximum absolute atomic E-state index is 12.7. The van der Waals surface area contributed by atoms with Crippen molar-refractivity contribution in [3.63, 3.8) is 0 Å². The van der Waals surface area contributed by atoms with Gasteiger partial charge in [-0.15, -0.1) is 28.1 Å². The highest BCUT2D eigenvalue weighted by atomic mass is 32.2. The van der Waals surface area contributed by atoms with Crippen LogP contribution in [0.15, 0.2) is 42.2 Å². The van der Waals surface area contributed by atoms with Gasteiger partial charge in [0.15, 0.2) is 11.0 Å². The summed E-state index contributed by atoms with van der Waals surface area (Å²) in [6.07, 6.45) is 8.80. The molecule has 7 nitrogen and oxygen atoms in total. The Hall–Kier alpha value is -2.96. The summed E-state index contributed by atoms with van der Waals surface area (Å²) in [7, 11) is 0. The fourth-order valence-electron chi connectivity index (χ4n) is 3.62. The monoisotopic (exact) mass is 450 g/mol. The number of nitrogens with one attached hydrogen (secondary N) is 1. The van der Waals surface area contributed by atoms with Crippen LogP contribution in [0.2, 0.25) is 0 Å². The Kier molecular flexibility index (Phi) is 6.79. The highest BCUT2D eigenvalue weighted by molar-refractivity contribution is 7.99. The number of nitrogens with zero attached hydrogens (tertiary/aromatic N) is 5. The summed E-state index contributed by atoms with van der Waals surface area (Å²) in [5.74, 6) is 0.646.